The minimum absolute atomic E-state index is 0.349. The summed E-state index contributed by atoms with van der Waals surface area (Å²) in [6.07, 6.45) is 2.21. The van der Waals surface area contributed by atoms with Gasteiger partial charge in [0, 0.05) is 0 Å². The average Bonchev–Trinajstić information content (AvgIpc) is 3.40. The van der Waals surface area contributed by atoms with Crippen LogP contribution in [0.25, 0.3) is 16.6 Å². The Balaban J connectivity index is 2.17. The maximum atomic E-state index is 12.5. The van der Waals surface area contributed by atoms with E-state index in [0.717, 1.165) is 18.4 Å². The lowest BCUT2D eigenvalue weighted by Gasteiger charge is -2.14. The molecule has 0 unspecified atom stereocenters. The van der Waals surface area contributed by atoms with E-state index >= 15 is 0 Å². The summed E-state index contributed by atoms with van der Waals surface area (Å²) in [5.41, 5.74) is 1.14. The number of benzene rings is 2. The van der Waals surface area contributed by atoms with Crippen molar-refractivity contribution in [1.29, 1.82) is 0 Å². The molecule has 1 aliphatic rings. The first kappa shape index (κ1) is 15.0. The van der Waals surface area contributed by atoms with Crippen LogP contribution in [0.3, 0.4) is 0 Å². The molecule has 0 amide bonds. The van der Waals surface area contributed by atoms with Gasteiger partial charge < -0.3 is 4.74 Å². The van der Waals surface area contributed by atoms with Crippen molar-refractivity contribution < 1.29 is 4.74 Å². The Kier molecular flexibility index (Phi) is 3.46. The Hall–Kier alpha value is -2.53. The van der Waals surface area contributed by atoms with Crippen LogP contribution in [0.2, 0.25) is 5.02 Å². The van der Waals surface area contributed by atoms with Crippen LogP contribution in [0.5, 0.6) is 5.75 Å². The minimum atomic E-state index is -0.518. The Morgan fingerprint density at radius 1 is 1.21 bits per heavy atom. The lowest BCUT2D eigenvalue weighted by molar-refractivity contribution is 0.418. The van der Waals surface area contributed by atoms with Crippen LogP contribution >= 0.6 is 11.6 Å². The second kappa shape index (κ2) is 5.53. The van der Waals surface area contributed by atoms with Crippen LogP contribution < -0.4 is 16.0 Å². The highest BCUT2D eigenvalue weighted by Crippen LogP contribution is 2.42. The monoisotopic (exact) mass is 342 g/mol. The fourth-order valence-corrected chi connectivity index (χ4v) is 3.26. The molecule has 3 aromatic rings. The zero-order valence-corrected chi connectivity index (χ0v) is 13.8. The first-order valence-corrected chi connectivity index (χ1v) is 8.10. The topological polar surface area (TPSA) is 64.1 Å². The van der Waals surface area contributed by atoms with Gasteiger partial charge in [0.2, 0.25) is 0 Å². The molecular formula is C18H15ClN2O3. The van der Waals surface area contributed by atoms with Gasteiger partial charge in [0.25, 0.3) is 5.56 Å². The second-order valence-corrected chi connectivity index (χ2v) is 6.34. The Labute approximate surface area is 142 Å². The van der Waals surface area contributed by atoms with Crippen molar-refractivity contribution in [1.82, 2.24) is 9.55 Å². The van der Waals surface area contributed by atoms with Gasteiger partial charge in [0.1, 0.15) is 11.1 Å². The highest BCUT2D eigenvalue weighted by Gasteiger charge is 2.26. The highest BCUT2D eigenvalue weighted by molar-refractivity contribution is 6.32. The molecule has 2 aromatic carbocycles. The van der Waals surface area contributed by atoms with Crippen molar-refractivity contribution in [2.24, 2.45) is 0 Å². The smallest absolute Gasteiger partial charge is 0.333 e. The fraction of sp³-hybridized carbons (Fsp3) is 0.222. The first-order chi connectivity index (χ1) is 11.6. The summed E-state index contributed by atoms with van der Waals surface area (Å²) in [7, 11) is 1.52. The summed E-state index contributed by atoms with van der Waals surface area (Å²) in [6, 6.07) is 10.8. The van der Waals surface area contributed by atoms with E-state index in [0.29, 0.717) is 33.3 Å². The summed E-state index contributed by atoms with van der Waals surface area (Å²) in [6.45, 7) is 0. The maximum Gasteiger partial charge on any atom is 0.333 e. The van der Waals surface area contributed by atoms with Gasteiger partial charge in [0.15, 0.2) is 0 Å². The van der Waals surface area contributed by atoms with Crippen molar-refractivity contribution >= 4 is 22.5 Å². The number of hydrogen-bond donors (Lipinski definition) is 1. The van der Waals surface area contributed by atoms with E-state index in [1.807, 2.05) is 12.1 Å². The molecule has 1 heterocycles. The normalized spacial score (nSPS) is 14.1. The van der Waals surface area contributed by atoms with Crippen molar-refractivity contribution in [3.63, 3.8) is 0 Å². The highest BCUT2D eigenvalue weighted by atomic mass is 35.5. The van der Waals surface area contributed by atoms with E-state index in [2.05, 4.69) is 4.98 Å². The zero-order valence-electron chi connectivity index (χ0n) is 13.0. The number of aromatic amines is 1. The van der Waals surface area contributed by atoms with Gasteiger partial charge in [-0.2, -0.15) is 0 Å². The number of fused-ring (bicyclic) bond motifs is 1. The maximum absolute atomic E-state index is 12.5. The van der Waals surface area contributed by atoms with Crippen LogP contribution in [-0.4, -0.2) is 16.7 Å². The zero-order chi connectivity index (χ0) is 16.8. The number of para-hydroxylation sites is 1. The quantitative estimate of drug-likeness (QED) is 0.794. The lowest BCUT2D eigenvalue weighted by atomic mass is 10.1. The summed E-state index contributed by atoms with van der Waals surface area (Å²) in [5.74, 6) is 0.925. The molecule has 5 nitrogen and oxygen atoms in total. The Bertz CT molecular complexity index is 1060. The van der Waals surface area contributed by atoms with Gasteiger partial charge in [-0.15, -0.1) is 0 Å². The van der Waals surface area contributed by atoms with E-state index in [9.17, 15) is 9.59 Å². The second-order valence-electron chi connectivity index (χ2n) is 5.94. The predicted octanol–water partition coefficient (Wildman–Crippen LogP) is 3.22. The molecule has 122 valence electrons. The number of aromatic nitrogens is 2. The van der Waals surface area contributed by atoms with Crippen molar-refractivity contribution in [3.05, 3.63) is 67.8 Å². The third-order valence-electron chi connectivity index (χ3n) is 4.36. The third-order valence-corrected chi connectivity index (χ3v) is 4.68. The Morgan fingerprint density at radius 3 is 2.62 bits per heavy atom. The Morgan fingerprint density at radius 2 is 1.96 bits per heavy atom. The summed E-state index contributed by atoms with van der Waals surface area (Å²) in [5, 5.41) is 0.783. The third kappa shape index (κ3) is 2.32. The van der Waals surface area contributed by atoms with Crippen LogP contribution in [0.4, 0.5) is 0 Å². The van der Waals surface area contributed by atoms with Gasteiger partial charge in [-0.3, -0.25) is 14.3 Å². The van der Waals surface area contributed by atoms with Crippen molar-refractivity contribution in [3.8, 4) is 11.4 Å². The predicted molar refractivity (Wildman–Crippen MR) is 93.7 cm³/mol. The van der Waals surface area contributed by atoms with Crippen LogP contribution in [0, 0.1) is 0 Å². The number of methoxy groups -OCH3 is 1. The number of ether oxygens (including phenoxy) is 1. The van der Waals surface area contributed by atoms with Gasteiger partial charge in [-0.1, -0.05) is 23.7 Å². The van der Waals surface area contributed by atoms with E-state index in [1.165, 1.54) is 11.7 Å². The van der Waals surface area contributed by atoms with Gasteiger partial charge in [0.05, 0.1) is 23.3 Å². The summed E-state index contributed by atoms with van der Waals surface area (Å²) < 4.78 is 6.86. The molecular weight excluding hydrogens is 328 g/mol. The molecule has 0 radical (unpaired) electrons. The molecule has 1 fully saturated rings. The van der Waals surface area contributed by atoms with E-state index in [1.54, 1.807) is 24.3 Å². The molecule has 0 bridgehead atoms. The first-order valence-electron chi connectivity index (χ1n) is 7.72. The molecule has 1 saturated carbocycles. The number of halogens is 1. The van der Waals surface area contributed by atoms with E-state index in [4.69, 9.17) is 16.3 Å². The molecule has 0 atom stereocenters. The molecule has 0 spiro atoms. The molecule has 0 aliphatic heterocycles. The van der Waals surface area contributed by atoms with Crippen LogP contribution in [0.1, 0.15) is 24.3 Å². The molecule has 1 aliphatic carbocycles. The molecule has 1 N–H and O–H groups in total. The number of nitrogens with zero attached hydrogens (tertiary/aromatic N) is 1. The molecule has 6 heteroatoms. The molecule has 24 heavy (non-hydrogen) atoms. The SMILES string of the molecule is COc1cc(C2CC2)cc2c1c(=O)[nH]c(=O)n2-c1ccccc1Cl. The molecule has 4 rings (SSSR count). The van der Waals surface area contributed by atoms with Crippen molar-refractivity contribution in [2.45, 2.75) is 18.8 Å². The van der Waals surface area contributed by atoms with Gasteiger partial charge in [-0.25, -0.2) is 4.79 Å². The number of hydrogen-bond acceptors (Lipinski definition) is 3. The molecule has 1 aromatic heterocycles. The van der Waals surface area contributed by atoms with Gasteiger partial charge >= 0.3 is 5.69 Å². The fourth-order valence-electron chi connectivity index (χ4n) is 3.04. The minimum Gasteiger partial charge on any atom is -0.496 e. The summed E-state index contributed by atoms with van der Waals surface area (Å²) >= 11 is 6.28. The number of H-pyrrole nitrogens is 1. The van der Waals surface area contributed by atoms with Crippen molar-refractivity contribution in [2.75, 3.05) is 7.11 Å². The number of nitrogens with one attached hydrogen (secondary N) is 1. The van der Waals surface area contributed by atoms with E-state index < -0.39 is 11.2 Å². The van der Waals surface area contributed by atoms with E-state index in [-0.39, 0.29) is 0 Å². The van der Waals surface area contributed by atoms with Crippen LogP contribution in [0.15, 0.2) is 46.0 Å². The largest absolute Gasteiger partial charge is 0.496 e. The van der Waals surface area contributed by atoms with Crippen LogP contribution in [-0.2, 0) is 0 Å². The van der Waals surface area contributed by atoms with Gasteiger partial charge in [-0.05, 0) is 48.6 Å². The number of rotatable bonds is 3. The molecule has 0 saturated heterocycles. The standard InChI is InChI=1S/C18H15ClN2O3/c1-24-15-9-11(10-6-7-10)8-14-16(15)17(22)20-18(23)21(14)13-5-3-2-4-12(13)19/h2-5,8-10H,6-7H2,1H3,(H,20,22,23). The lowest BCUT2D eigenvalue weighted by Crippen LogP contribution is -2.29. The average molecular weight is 343 g/mol. The summed E-state index contributed by atoms with van der Waals surface area (Å²) in [4.78, 5) is 27.2.